The van der Waals surface area contributed by atoms with Crippen molar-refractivity contribution in [1.82, 2.24) is 15.3 Å². The van der Waals surface area contributed by atoms with Crippen molar-refractivity contribution in [2.24, 2.45) is 0 Å². The smallest absolute Gasteiger partial charge is 0.278 e. The first-order valence-corrected chi connectivity index (χ1v) is 7.09. The molecule has 2 N–H and O–H groups in total. The van der Waals surface area contributed by atoms with Crippen LogP contribution in [0.5, 0.6) is 0 Å². The molecule has 0 bridgehead atoms. The van der Waals surface area contributed by atoms with Gasteiger partial charge in [0.25, 0.3) is 5.69 Å². The number of aryl methyl sites for hydroxylation is 1. The van der Waals surface area contributed by atoms with Gasteiger partial charge in [-0.15, -0.1) is 0 Å². The zero-order chi connectivity index (χ0) is 15.2. The van der Waals surface area contributed by atoms with E-state index in [-0.39, 0.29) is 10.6 Å². The van der Waals surface area contributed by atoms with Gasteiger partial charge in [0.2, 0.25) is 0 Å². The third-order valence-corrected chi connectivity index (χ3v) is 3.16. The van der Waals surface area contributed by atoms with Crippen molar-refractivity contribution >= 4 is 5.69 Å². The van der Waals surface area contributed by atoms with Crippen molar-refractivity contribution in [2.75, 3.05) is 6.54 Å². The Hall–Kier alpha value is -2.21. The number of aromatic amines is 1. The van der Waals surface area contributed by atoms with Crippen molar-refractivity contribution in [1.29, 1.82) is 0 Å². The number of aromatic nitrogens is 2. The number of benzene rings is 1. The van der Waals surface area contributed by atoms with Gasteiger partial charge in [-0.05, 0) is 19.0 Å². The summed E-state index contributed by atoms with van der Waals surface area (Å²) in [5, 5.41) is 14.4. The molecule has 6 heteroatoms. The number of hydrogen-bond donors (Lipinski definition) is 2. The summed E-state index contributed by atoms with van der Waals surface area (Å²) >= 11 is 0. The third kappa shape index (κ3) is 4.13. The molecule has 0 atom stereocenters. The third-order valence-electron chi connectivity index (χ3n) is 3.16. The van der Waals surface area contributed by atoms with Gasteiger partial charge in [0.05, 0.1) is 22.4 Å². The number of nitro groups is 1. The molecule has 0 fully saturated rings. The molecule has 0 spiro atoms. The van der Waals surface area contributed by atoms with Gasteiger partial charge in [-0.1, -0.05) is 26.0 Å². The number of hydrogen-bond acceptors (Lipinski definition) is 4. The van der Waals surface area contributed by atoms with E-state index in [1.54, 1.807) is 24.4 Å². The maximum atomic E-state index is 11.0. The second kappa shape index (κ2) is 6.99. The average molecular weight is 288 g/mol. The van der Waals surface area contributed by atoms with E-state index < -0.39 is 0 Å². The molecule has 1 heterocycles. The van der Waals surface area contributed by atoms with Crippen molar-refractivity contribution in [3.63, 3.8) is 0 Å². The first kappa shape index (κ1) is 15.2. The van der Waals surface area contributed by atoms with Crippen LogP contribution in [0.3, 0.4) is 0 Å². The van der Waals surface area contributed by atoms with E-state index in [0.29, 0.717) is 17.3 Å². The van der Waals surface area contributed by atoms with Crippen LogP contribution in [0, 0.1) is 10.1 Å². The predicted molar refractivity (Wildman–Crippen MR) is 82.1 cm³/mol. The molecule has 2 aromatic rings. The molecule has 0 radical (unpaired) electrons. The van der Waals surface area contributed by atoms with E-state index in [1.807, 2.05) is 0 Å². The zero-order valence-corrected chi connectivity index (χ0v) is 12.3. The fourth-order valence-electron chi connectivity index (χ4n) is 2.13. The van der Waals surface area contributed by atoms with Gasteiger partial charge in [0.1, 0.15) is 5.82 Å². The van der Waals surface area contributed by atoms with Gasteiger partial charge in [0, 0.05) is 18.5 Å². The number of imidazole rings is 1. The van der Waals surface area contributed by atoms with E-state index in [1.165, 1.54) is 6.07 Å². The highest BCUT2D eigenvalue weighted by atomic mass is 16.6. The summed E-state index contributed by atoms with van der Waals surface area (Å²) < 4.78 is 0. The Balaban J connectivity index is 2.05. The number of nitrogens with one attached hydrogen (secondary N) is 2. The normalized spacial score (nSPS) is 11.0. The largest absolute Gasteiger partial charge is 0.342 e. The summed E-state index contributed by atoms with van der Waals surface area (Å²) in [5.74, 6) is 0.855. The fraction of sp³-hybridized carbons (Fsp3) is 0.400. The number of H-pyrrole nitrogens is 1. The van der Waals surface area contributed by atoms with Gasteiger partial charge in [-0.3, -0.25) is 10.1 Å². The average Bonchev–Trinajstić information content (AvgIpc) is 2.92. The molecular weight excluding hydrogens is 268 g/mol. The van der Waals surface area contributed by atoms with Gasteiger partial charge in [-0.2, -0.15) is 0 Å². The summed E-state index contributed by atoms with van der Waals surface area (Å²) in [6, 6.07) is 7.16. The number of nitro benzene ring substituents is 1. The SMILES string of the molecule is CC(C)NCCCc1ncc(-c2ccccc2[N+](=O)[O-])[nH]1. The van der Waals surface area contributed by atoms with Crippen LogP contribution in [0.1, 0.15) is 26.1 Å². The van der Waals surface area contributed by atoms with Crippen molar-refractivity contribution < 1.29 is 4.92 Å². The van der Waals surface area contributed by atoms with Crippen molar-refractivity contribution in [3.05, 3.63) is 46.4 Å². The lowest BCUT2D eigenvalue weighted by Crippen LogP contribution is -2.24. The topological polar surface area (TPSA) is 83.8 Å². The van der Waals surface area contributed by atoms with E-state index in [0.717, 1.165) is 25.2 Å². The van der Waals surface area contributed by atoms with E-state index in [9.17, 15) is 10.1 Å². The van der Waals surface area contributed by atoms with Gasteiger partial charge in [-0.25, -0.2) is 4.98 Å². The molecule has 2 rings (SSSR count). The highest BCUT2D eigenvalue weighted by molar-refractivity contribution is 5.70. The van der Waals surface area contributed by atoms with Gasteiger partial charge in [0.15, 0.2) is 0 Å². The number of rotatable bonds is 7. The van der Waals surface area contributed by atoms with Crippen molar-refractivity contribution in [3.8, 4) is 11.3 Å². The Kier molecular flexibility index (Phi) is 5.05. The summed E-state index contributed by atoms with van der Waals surface area (Å²) in [6.45, 7) is 5.15. The molecule has 0 aliphatic rings. The van der Waals surface area contributed by atoms with Crippen LogP contribution in [0.25, 0.3) is 11.3 Å². The summed E-state index contributed by atoms with van der Waals surface area (Å²) in [5.41, 5.74) is 1.35. The molecule has 0 unspecified atom stereocenters. The monoisotopic (exact) mass is 288 g/mol. The minimum Gasteiger partial charge on any atom is -0.342 e. The Morgan fingerprint density at radius 2 is 2.14 bits per heavy atom. The Morgan fingerprint density at radius 1 is 1.38 bits per heavy atom. The lowest BCUT2D eigenvalue weighted by atomic mass is 10.1. The molecular formula is C15H20N4O2. The zero-order valence-electron chi connectivity index (χ0n) is 12.3. The molecule has 1 aromatic carbocycles. The van der Waals surface area contributed by atoms with E-state index in [4.69, 9.17) is 0 Å². The maximum Gasteiger partial charge on any atom is 0.278 e. The molecule has 0 aliphatic heterocycles. The van der Waals surface area contributed by atoms with E-state index in [2.05, 4.69) is 29.1 Å². The highest BCUT2D eigenvalue weighted by Crippen LogP contribution is 2.27. The second-order valence-electron chi connectivity index (χ2n) is 5.23. The molecule has 112 valence electrons. The van der Waals surface area contributed by atoms with Gasteiger partial charge < -0.3 is 10.3 Å². The lowest BCUT2D eigenvalue weighted by molar-refractivity contribution is -0.384. The van der Waals surface area contributed by atoms with E-state index >= 15 is 0 Å². The molecule has 1 aromatic heterocycles. The summed E-state index contributed by atoms with van der Waals surface area (Å²) in [7, 11) is 0. The Labute approximate surface area is 123 Å². The fourth-order valence-corrected chi connectivity index (χ4v) is 2.13. The second-order valence-corrected chi connectivity index (χ2v) is 5.23. The van der Waals surface area contributed by atoms with Crippen molar-refractivity contribution in [2.45, 2.75) is 32.7 Å². The van der Waals surface area contributed by atoms with Crippen LogP contribution in [0.2, 0.25) is 0 Å². The first-order valence-electron chi connectivity index (χ1n) is 7.09. The standard InChI is InChI=1S/C15H20N4O2/c1-11(2)16-9-5-8-15-17-10-13(18-15)12-6-3-4-7-14(12)19(20)21/h3-4,6-7,10-11,16H,5,8-9H2,1-2H3,(H,17,18). The van der Waals surface area contributed by atoms with Crippen LogP contribution >= 0.6 is 0 Å². The molecule has 0 saturated heterocycles. The molecule has 21 heavy (non-hydrogen) atoms. The van der Waals surface area contributed by atoms with Crippen LogP contribution in [0.4, 0.5) is 5.69 Å². The highest BCUT2D eigenvalue weighted by Gasteiger charge is 2.15. The van der Waals surface area contributed by atoms with Crippen LogP contribution in [0.15, 0.2) is 30.5 Å². The first-order chi connectivity index (χ1) is 10.1. The minimum atomic E-state index is -0.373. The molecule has 6 nitrogen and oxygen atoms in total. The van der Waals surface area contributed by atoms with Gasteiger partial charge >= 0.3 is 0 Å². The van der Waals surface area contributed by atoms with Crippen LogP contribution < -0.4 is 5.32 Å². The summed E-state index contributed by atoms with van der Waals surface area (Å²) in [6.07, 6.45) is 3.45. The Bertz CT molecular complexity index is 607. The molecule has 0 saturated carbocycles. The number of nitrogens with zero attached hydrogens (tertiary/aromatic N) is 2. The predicted octanol–water partition coefficient (Wildman–Crippen LogP) is 2.92. The summed E-state index contributed by atoms with van der Waals surface area (Å²) in [4.78, 5) is 18.1. The minimum absolute atomic E-state index is 0.0918. The van der Waals surface area contributed by atoms with Crippen LogP contribution in [-0.2, 0) is 6.42 Å². The molecule has 0 amide bonds. The Morgan fingerprint density at radius 3 is 2.86 bits per heavy atom. The quantitative estimate of drug-likeness (QED) is 0.466. The van der Waals surface area contributed by atoms with Crippen LogP contribution in [-0.4, -0.2) is 27.5 Å². The molecule has 0 aliphatic carbocycles. The lowest BCUT2D eigenvalue weighted by Gasteiger charge is -2.06. The maximum absolute atomic E-state index is 11.0. The number of para-hydroxylation sites is 1.